The Kier molecular flexibility index (Phi) is 5.21. The highest BCUT2D eigenvalue weighted by molar-refractivity contribution is 6.30. The average Bonchev–Trinajstić information content (AvgIpc) is 2.92. The number of benzene rings is 1. The molecule has 2 aromatic rings. The zero-order chi connectivity index (χ0) is 17.0. The first-order valence-electron chi connectivity index (χ1n) is 7.17. The number of furan rings is 1. The number of methoxy groups -OCH3 is 1. The van der Waals surface area contributed by atoms with E-state index in [1.807, 2.05) is 12.1 Å². The molecule has 1 N–H and O–H groups in total. The normalized spacial score (nSPS) is 12.6. The van der Waals surface area contributed by atoms with Crippen molar-refractivity contribution in [2.45, 2.75) is 32.4 Å². The number of halogens is 1. The Morgan fingerprint density at radius 1 is 1.17 bits per heavy atom. The summed E-state index contributed by atoms with van der Waals surface area (Å²) in [4.78, 5) is 12.1. The van der Waals surface area contributed by atoms with Gasteiger partial charge < -0.3 is 19.2 Å². The fourth-order valence-electron chi connectivity index (χ4n) is 2.00. The van der Waals surface area contributed by atoms with Crippen LogP contribution >= 0.6 is 11.6 Å². The number of hydrogen-bond donors (Lipinski definition) is 1. The van der Waals surface area contributed by atoms with Crippen molar-refractivity contribution in [3.8, 4) is 5.95 Å². The van der Waals surface area contributed by atoms with E-state index in [2.05, 4.69) is 5.32 Å². The van der Waals surface area contributed by atoms with Crippen LogP contribution in [-0.2, 0) is 4.74 Å². The molecular weight excluding hydrogens is 318 g/mol. The lowest BCUT2D eigenvalue weighted by Crippen LogP contribution is -2.35. The minimum Gasteiger partial charge on any atom is -0.468 e. The molecule has 1 amide bonds. The van der Waals surface area contributed by atoms with Gasteiger partial charge in [-0.2, -0.15) is 0 Å². The van der Waals surface area contributed by atoms with Gasteiger partial charge in [0.15, 0.2) is 0 Å². The van der Waals surface area contributed by atoms with Crippen LogP contribution in [0, 0.1) is 0 Å². The van der Waals surface area contributed by atoms with E-state index in [1.165, 1.54) is 7.11 Å². The van der Waals surface area contributed by atoms with Crippen molar-refractivity contribution in [3.05, 3.63) is 52.7 Å². The molecular formula is C17H20ClNO4. The van der Waals surface area contributed by atoms with Crippen LogP contribution in [0.4, 0.5) is 4.79 Å². The van der Waals surface area contributed by atoms with E-state index >= 15 is 0 Å². The molecule has 1 atom stereocenters. The van der Waals surface area contributed by atoms with E-state index in [1.54, 1.807) is 45.0 Å². The largest absolute Gasteiger partial charge is 0.468 e. The molecule has 5 nitrogen and oxygen atoms in total. The standard InChI is InChI=1S/C17H20ClNO4/c1-17(2,3)23-16(20)19-15(11-5-7-12(18)8-6-11)13-9-10-14(21-4)22-13/h5-10,15H,1-4H3,(H,19,20). The molecule has 0 saturated heterocycles. The maximum Gasteiger partial charge on any atom is 0.408 e. The minimum atomic E-state index is -0.588. The van der Waals surface area contributed by atoms with Gasteiger partial charge in [0, 0.05) is 11.1 Å². The number of nitrogens with one attached hydrogen (secondary N) is 1. The molecule has 1 heterocycles. The third kappa shape index (κ3) is 4.93. The zero-order valence-electron chi connectivity index (χ0n) is 13.6. The minimum absolute atomic E-state index is 0.366. The monoisotopic (exact) mass is 337 g/mol. The molecule has 1 aromatic carbocycles. The van der Waals surface area contributed by atoms with Gasteiger partial charge in [-0.05, 0) is 44.5 Å². The van der Waals surface area contributed by atoms with Gasteiger partial charge in [0.25, 0.3) is 5.95 Å². The predicted octanol–water partition coefficient (Wildman–Crippen LogP) is 4.56. The first-order valence-corrected chi connectivity index (χ1v) is 7.55. The Morgan fingerprint density at radius 3 is 2.35 bits per heavy atom. The van der Waals surface area contributed by atoms with Gasteiger partial charge in [-0.15, -0.1) is 0 Å². The van der Waals surface area contributed by atoms with Gasteiger partial charge in [0.2, 0.25) is 0 Å². The van der Waals surface area contributed by atoms with Crippen LogP contribution in [0.25, 0.3) is 0 Å². The highest BCUT2D eigenvalue weighted by Gasteiger charge is 2.24. The summed E-state index contributed by atoms with van der Waals surface area (Å²) in [6, 6.07) is 10.1. The summed E-state index contributed by atoms with van der Waals surface area (Å²) in [7, 11) is 1.52. The Hall–Kier alpha value is -2.14. The summed E-state index contributed by atoms with van der Waals surface area (Å²) < 4.78 is 16.0. The van der Waals surface area contributed by atoms with Gasteiger partial charge in [0.05, 0.1) is 7.11 Å². The van der Waals surface area contributed by atoms with Gasteiger partial charge >= 0.3 is 6.09 Å². The van der Waals surface area contributed by atoms with Crippen molar-refractivity contribution < 1.29 is 18.7 Å². The first kappa shape index (κ1) is 17.2. The third-order valence-electron chi connectivity index (χ3n) is 2.95. The van der Waals surface area contributed by atoms with Gasteiger partial charge in [0.1, 0.15) is 17.4 Å². The summed E-state index contributed by atoms with van der Waals surface area (Å²) in [6.07, 6.45) is -0.534. The van der Waals surface area contributed by atoms with Gasteiger partial charge in [-0.25, -0.2) is 4.79 Å². The van der Waals surface area contributed by atoms with Crippen LogP contribution < -0.4 is 10.1 Å². The van der Waals surface area contributed by atoms with Gasteiger partial charge in [-0.3, -0.25) is 0 Å². The molecule has 0 spiro atoms. The Labute approximate surface area is 140 Å². The van der Waals surface area contributed by atoms with Crippen LogP contribution in [0.3, 0.4) is 0 Å². The highest BCUT2D eigenvalue weighted by atomic mass is 35.5. The molecule has 2 rings (SSSR count). The summed E-state index contributed by atoms with van der Waals surface area (Å²) in [5, 5.41) is 3.42. The SMILES string of the molecule is COc1ccc(C(NC(=O)OC(C)(C)C)c2ccc(Cl)cc2)o1. The highest BCUT2D eigenvalue weighted by Crippen LogP contribution is 2.28. The second-order valence-electron chi connectivity index (χ2n) is 5.99. The van der Waals surface area contributed by atoms with Crippen molar-refractivity contribution in [3.63, 3.8) is 0 Å². The first-order chi connectivity index (χ1) is 10.8. The number of ether oxygens (including phenoxy) is 2. The van der Waals surface area contributed by atoms with E-state index in [4.69, 9.17) is 25.5 Å². The maximum atomic E-state index is 12.1. The van der Waals surface area contributed by atoms with E-state index < -0.39 is 17.7 Å². The predicted molar refractivity (Wildman–Crippen MR) is 87.9 cm³/mol. The summed E-state index contributed by atoms with van der Waals surface area (Å²) in [5.74, 6) is 0.903. The topological polar surface area (TPSA) is 60.7 Å². The number of rotatable bonds is 4. The maximum absolute atomic E-state index is 12.1. The van der Waals surface area contributed by atoms with Crippen molar-refractivity contribution in [1.29, 1.82) is 0 Å². The molecule has 6 heteroatoms. The van der Waals surface area contributed by atoms with Crippen LogP contribution in [0.2, 0.25) is 5.02 Å². The molecule has 1 aromatic heterocycles. The lowest BCUT2D eigenvalue weighted by molar-refractivity contribution is 0.0506. The molecule has 23 heavy (non-hydrogen) atoms. The van der Waals surface area contributed by atoms with Crippen molar-refractivity contribution >= 4 is 17.7 Å². The quantitative estimate of drug-likeness (QED) is 0.888. The third-order valence-corrected chi connectivity index (χ3v) is 3.20. The van der Waals surface area contributed by atoms with Crippen molar-refractivity contribution in [2.75, 3.05) is 7.11 Å². The molecule has 0 saturated carbocycles. The van der Waals surface area contributed by atoms with E-state index in [0.29, 0.717) is 16.7 Å². The van der Waals surface area contributed by atoms with Crippen LogP contribution in [0.15, 0.2) is 40.8 Å². The summed E-state index contributed by atoms with van der Waals surface area (Å²) >= 11 is 5.93. The summed E-state index contributed by atoms with van der Waals surface area (Å²) in [5.41, 5.74) is 0.229. The number of alkyl carbamates (subject to hydrolysis) is 1. The van der Waals surface area contributed by atoms with Crippen molar-refractivity contribution in [2.24, 2.45) is 0 Å². The van der Waals surface area contributed by atoms with Crippen LogP contribution in [0.1, 0.15) is 38.1 Å². The van der Waals surface area contributed by atoms with Gasteiger partial charge in [-0.1, -0.05) is 23.7 Å². The van der Waals surface area contributed by atoms with Crippen LogP contribution in [0.5, 0.6) is 5.95 Å². The molecule has 0 aliphatic rings. The number of carbonyl (C=O) groups is 1. The molecule has 0 radical (unpaired) electrons. The number of hydrogen-bond acceptors (Lipinski definition) is 4. The number of amides is 1. The molecule has 0 fully saturated rings. The Bertz CT molecular complexity index is 658. The van der Waals surface area contributed by atoms with Crippen LogP contribution in [-0.4, -0.2) is 18.8 Å². The molecule has 0 aliphatic heterocycles. The fourth-order valence-corrected chi connectivity index (χ4v) is 2.12. The zero-order valence-corrected chi connectivity index (χ0v) is 14.3. The second-order valence-corrected chi connectivity index (χ2v) is 6.43. The smallest absolute Gasteiger partial charge is 0.408 e. The Morgan fingerprint density at radius 2 is 1.83 bits per heavy atom. The fraction of sp³-hybridized carbons (Fsp3) is 0.353. The molecule has 0 aliphatic carbocycles. The van der Waals surface area contributed by atoms with E-state index in [0.717, 1.165) is 5.56 Å². The second kappa shape index (κ2) is 6.96. The Balaban J connectivity index is 2.27. The lowest BCUT2D eigenvalue weighted by atomic mass is 10.0. The average molecular weight is 338 g/mol. The van der Waals surface area contributed by atoms with E-state index in [-0.39, 0.29) is 0 Å². The van der Waals surface area contributed by atoms with Crippen molar-refractivity contribution in [1.82, 2.24) is 5.32 Å². The molecule has 0 bridgehead atoms. The number of carbonyl (C=O) groups excluding carboxylic acids is 1. The summed E-state index contributed by atoms with van der Waals surface area (Å²) in [6.45, 7) is 5.42. The molecule has 1 unspecified atom stereocenters. The van der Waals surface area contributed by atoms with E-state index in [9.17, 15) is 4.79 Å². The lowest BCUT2D eigenvalue weighted by Gasteiger charge is -2.23. The molecule has 124 valence electrons.